The van der Waals surface area contributed by atoms with Gasteiger partial charge in [0.2, 0.25) is 0 Å². The normalized spacial score (nSPS) is 30.2. The van der Waals surface area contributed by atoms with Gasteiger partial charge in [0.25, 0.3) is 0 Å². The average molecular weight is 245 g/mol. The number of rotatable bonds is 2. The molecule has 3 nitrogen and oxygen atoms in total. The molecule has 2 heterocycles. The Morgan fingerprint density at radius 2 is 1.69 bits per heavy atom. The Labute approximate surface area is 102 Å². The highest BCUT2D eigenvalue weighted by atomic mass is 32.2. The van der Waals surface area contributed by atoms with Crippen molar-refractivity contribution >= 4 is 11.8 Å². The molecule has 0 aromatic carbocycles. The van der Waals surface area contributed by atoms with Crippen molar-refractivity contribution in [3.05, 3.63) is 0 Å². The van der Waals surface area contributed by atoms with Gasteiger partial charge in [-0.3, -0.25) is 0 Å². The van der Waals surface area contributed by atoms with Crippen LogP contribution in [0.3, 0.4) is 0 Å². The third-order valence-corrected chi connectivity index (χ3v) is 5.54. The fourth-order valence-corrected chi connectivity index (χ4v) is 4.33. The van der Waals surface area contributed by atoms with Crippen LogP contribution in [-0.4, -0.2) is 59.0 Å². The van der Waals surface area contributed by atoms with Crippen molar-refractivity contribution in [1.82, 2.24) is 4.90 Å². The second-order valence-corrected chi connectivity index (χ2v) is 6.61. The van der Waals surface area contributed by atoms with Crippen LogP contribution in [0.25, 0.3) is 0 Å². The molecule has 94 valence electrons. The van der Waals surface area contributed by atoms with Crippen LogP contribution in [0, 0.1) is 5.41 Å². The molecule has 2 rings (SSSR count). The number of piperidine rings is 1. The minimum absolute atomic E-state index is 0.147. The number of aliphatic hydroxyl groups is 2. The van der Waals surface area contributed by atoms with Gasteiger partial charge in [0.1, 0.15) is 0 Å². The summed E-state index contributed by atoms with van der Waals surface area (Å²) >= 11 is 1.94. The Hall–Kier alpha value is 0.230. The van der Waals surface area contributed by atoms with E-state index >= 15 is 0 Å². The van der Waals surface area contributed by atoms with E-state index in [2.05, 4.69) is 11.9 Å². The van der Waals surface area contributed by atoms with Gasteiger partial charge in [-0.25, -0.2) is 0 Å². The van der Waals surface area contributed by atoms with E-state index in [0.29, 0.717) is 0 Å². The molecule has 0 atom stereocenters. The molecule has 4 heteroatoms. The van der Waals surface area contributed by atoms with Gasteiger partial charge in [-0.2, -0.15) is 11.8 Å². The van der Waals surface area contributed by atoms with Crippen molar-refractivity contribution in [2.24, 2.45) is 5.41 Å². The minimum Gasteiger partial charge on any atom is -0.396 e. The maximum Gasteiger partial charge on any atom is 0.0750 e. The van der Waals surface area contributed by atoms with Crippen molar-refractivity contribution < 1.29 is 10.2 Å². The largest absolute Gasteiger partial charge is 0.396 e. The van der Waals surface area contributed by atoms with Crippen LogP contribution in [0.15, 0.2) is 0 Å². The zero-order valence-electron chi connectivity index (χ0n) is 10.1. The highest BCUT2D eigenvalue weighted by molar-refractivity contribution is 7.99. The maximum atomic E-state index is 10.9. The summed E-state index contributed by atoms with van der Waals surface area (Å²) in [6.07, 6.45) is 3.56. The first-order valence-corrected chi connectivity index (χ1v) is 7.37. The number of hydrogen-bond acceptors (Lipinski definition) is 4. The van der Waals surface area contributed by atoms with Gasteiger partial charge in [-0.1, -0.05) is 0 Å². The van der Waals surface area contributed by atoms with E-state index < -0.39 is 5.60 Å². The van der Waals surface area contributed by atoms with Gasteiger partial charge in [0.05, 0.1) is 12.2 Å². The van der Waals surface area contributed by atoms with Crippen LogP contribution in [0.1, 0.15) is 25.7 Å². The fourth-order valence-electron chi connectivity index (χ4n) is 3.05. The zero-order valence-corrected chi connectivity index (χ0v) is 10.9. The average Bonchev–Trinajstić information content (AvgIpc) is 2.34. The predicted molar refractivity (Wildman–Crippen MR) is 67.8 cm³/mol. The summed E-state index contributed by atoms with van der Waals surface area (Å²) in [7, 11) is 2.10. The lowest BCUT2D eigenvalue weighted by Crippen LogP contribution is -2.57. The molecule has 0 unspecified atom stereocenters. The predicted octanol–water partition coefficient (Wildman–Crippen LogP) is 0.949. The van der Waals surface area contributed by atoms with E-state index in [0.717, 1.165) is 50.3 Å². The Morgan fingerprint density at radius 1 is 1.12 bits per heavy atom. The van der Waals surface area contributed by atoms with Crippen molar-refractivity contribution in [1.29, 1.82) is 0 Å². The van der Waals surface area contributed by atoms with Crippen LogP contribution in [0.2, 0.25) is 0 Å². The summed E-state index contributed by atoms with van der Waals surface area (Å²) in [5.74, 6) is 2.16. The van der Waals surface area contributed by atoms with Crippen LogP contribution in [-0.2, 0) is 0 Å². The molecular formula is C12H23NO2S. The standard InChI is InChI=1S/C12H23NO2S/c1-13-6-2-12(15,3-7-13)11(10-14)4-8-16-9-5-11/h14-15H,2-10H2,1H3. The number of likely N-dealkylation sites (tertiary alicyclic amines) is 1. The number of hydrogen-bond donors (Lipinski definition) is 2. The molecule has 0 aromatic rings. The second kappa shape index (κ2) is 4.84. The Bertz CT molecular complexity index is 233. The maximum absolute atomic E-state index is 10.9. The SMILES string of the molecule is CN1CCC(O)(C2(CO)CCSCC2)CC1. The van der Waals surface area contributed by atoms with Gasteiger partial charge in [0, 0.05) is 18.5 Å². The van der Waals surface area contributed by atoms with Crippen molar-refractivity contribution in [2.75, 3.05) is 38.2 Å². The first-order valence-electron chi connectivity index (χ1n) is 6.21. The van der Waals surface area contributed by atoms with Crippen LogP contribution in [0.4, 0.5) is 0 Å². The number of nitrogens with zero attached hydrogens (tertiary/aromatic N) is 1. The highest BCUT2D eigenvalue weighted by Gasteiger charge is 2.50. The second-order valence-electron chi connectivity index (χ2n) is 5.39. The van der Waals surface area contributed by atoms with Crippen molar-refractivity contribution in [3.63, 3.8) is 0 Å². The molecule has 0 bridgehead atoms. The lowest BCUT2D eigenvalue weighted by molar-refractivity contribution is -0.142. The highest BCUT2D eigenvalue weighted by Crippen LogP contribution is 2.47. The van der Waals surface area contributed by atoms with Gasteiger partial charge in [-0.05, 0) is 44.2 Å². The molecule has 0 aromatic heterocycles. The fraction of sp³-hybridized carbons (Fsp3) is 1.00. The van der Waals surface area contributed by atoms with Crippen molar-refractivity contribution in [3.8, 4) is 0 Å². The zero-order chi connectivity index (χ0) is 11.6. The molecule has 2 aliphatic rings. The lowest BCUT2D eigenvalue weighted by atomic mass is 9.64. The van der Waals surface area contributed by atoms with Gasteiger partial charge in [0.15, 0.2) is 0 Å². The summed E-state index contributed by atoms with van der Waals surface area (Å²) < 4.78 is 0. The molecule has 0 spiro atoms. The van der Waals surface area contributed by atoms with E-state index in [1.54, 1.807) is 0 Å². The number of aliphatic hydroxyl groups excluding tert-OH is 1. The third kappa shape index (κ3) is 2.13. The molecule has 0 saturated carbocycles. The lowest BCUT2D eigenvalue weighted by Gasteiger charge is -2.51. The molecule has 0 amide bonds. The Kier molecular flexibility index (Phi) is 3.84. The van der Waals surface area contributed by atoms with E-state index in [1.165, 1.54) is 0 Å². The smallest absolute Gasteiger partial charge is 0.0750 e. The summed E-state index contributed by atoms with van der Waals surface area (Å²) in [5.41, 5.74) is -0.852. The van der Waals surface area contributed by atoms with Gasteiger partial charge in [-0.15, -0.1) is 0 Å². The summed E-state index contributed by atoms with van der Waals surface area (Å²) in [6.45, 7) is 2.05. The summed E-state index contributed by atoms with van der Waals surface area (Å²) in [5, 5.41) is 20.6. The van der Waals surface area contributed by atoms with Crippen LogP contribution in [0.5, 0.6) is 0 Å². The molecule has 16 heavy (non-hydrogen) atoms. The quantitative estimate of drug-likeness (QED) is 0.760. The Morgan fingerprint density at radius 3 is 2.19 bits per heavy atom. The molecule has 2 saturated heterocycles. The molecule has 0 aliphatic carbocycles. The van der Waals surface area contributed by atoms with Crippen molar-refractivity contribution in [2.45, 2.75) is 31.3 Å². The molecule has 2 N–H and O–H groups in total. The summed E-state index contributed by atoms with van der Waals surface area (Å²) in [4.78, 5) is 2.26. The van der Waals surface area contributed by atoms with Crippen LogP contribution < -0.4 is 0 Å². The van der Waals surface area contributed by atoms with E-state index in [4.69, 9.17) is 0 Å². The Balaban J connectivity index is 2.12. The minimum atomic E-state index is -0.630. The topological polar surface area (TPSA) is 43.7 Å². The van der Waals surface area contributed by atoms with Gasteiger partial charge < -0.3 is 15.1 Å². The molecule has 2 aliphatic heterocycles. The monoisotopic (exact) mass is 245 g/mol. The van der Waals surface area contributed by atoms with E-state index in [1.807, 2.05) is 11.8 Å². The first kappa shape index (κ1) is 12.7. The third-order valence-electron chi connectivity index (χ3n) is 4.55. The first-order chi connectivity index (χ1) is 7.62. The molecule has 2 fully saturated rings. The van der Waals surface area contributed by atoms with Gasteiger partial charge >= 0.3 is 0 Å². The van der Waals surface area contributed by atoms with E-state index in [-0.39, 0.29) is 12.0 Å². The summed E-state index contributed by atoms with van der Waals surface area (Å²) in [6, 6.07) is 0. The molecular weight excluding hydrogens is 222 g/mol. The number of thioether (sulfide) groups is 1. The van der Waals surface area contributed by atoms with Crippen LogP contribution >= 0.6 is 11.8 Å². The molecule has 0 radical (unpaired) electrons. The van der Waals surface area contributed by atoms with E-state index in [9.17, 15) is 10.2 Å².